The predicted octanol–water partition coefficient (Wildman–Crippen LogP) is 3.97. The second kappa shape index (κ2) is 7.03. The molecule has 0 saturated carbocycles. The minimum atomic E-state index is 0.902. The van der Waals surface area contributed by atoms with Crippen LogP contribution < -0.4 is 5.32 Å². The van der Waals surface area contributed by atoms with Gasteiger partial charge in [0.05, 0.1) is 0 Å². The van der Waals surface area contributed by atoms with Gasteiger partial charge in [0.2, 0.25) is 0 Å². The molecule has 19 heavy (non-hydrogen) atoms. The first-order chi connectivity index (χ1) is 9.17. The standard InChI is InChI=1S/C14H18BrN3S/c1-3-16-14-5-4-11(7-17-14)8-18(2)9-13-6-12(15)10-19-13/h4-7,10H,3,8-9H2,1-2H3,(H,16,17). The summed E-state index contributed by atoms with van der Waals surface area (Å²) in [4.78, 5) is 8.05. The number of nitrogens with one attached hydrogen (secondary N) is 1. The first-order valence-corrected chi connectivity index (χ1v) is 7.95. The maximum Gasteiger partial charge on any atom is 0.125 e. The van der Waals surface area contributed by atoms with Crippen LogP contribution in [0.15, 0.2) is 34.2 Å². The highest BCUT2D eigenvalue weighted by Gasteiger charge is 2.04. The average Bonchev–Trinajstić information content (AvgIpc) is 2.77. The number of hydrogen-bond donors (Lipinski definition) is 1. The summed E-state index contributed by atoms with van der Waals surface area (Å²) in [5, 5.41) is 5.32. The predicted molar refractivity (Wildman–Crippen MR) is 85.6 cm³/mol. The van der Waals surface area contributed by atoms with E-state index in [9.17, 15) is 0 Å². The number of thiophene rings is 1. The molecular weight excluding hydrogens is 322 g/mol. The van der Waals surface area contributed by atoms with Crippen molar-refractivity contribution in [3.8, 4) is 0 Å². The van der Waals surface area contributed by atoms with E-state index in [0.717, 1.165) is 29.9 Å². The Bertz CT molecular complexity index is 510. The molecule has 2 aromatic rings. The number of nitrogens with zero attached hydrogens (tertiary/aromatic N) is 2. The zero-order valence-corrected chi connectivity index (χ0v) is 13.6. The summed E-state index contributed by atoms with van der Waals surface area (Å²) in [7, 11) is 2.13. The topological polar surface area (TPSA) is 28.2 Å². The molecule has 0 aliphatic carbocycles. The van der Waals surface area contributed by atoms with E-state index < -0.39 is 0 Å². The number of anilines is 1. The molecule has 0 amide bonds. The number of rotatable bonds is 6. The third-order valence-electron chi connectivity index (χ3n) is 2.68. The molecule has 0 fully saturated rings. The van der Waals surface area contributed by atoms with E-state index in [1.807, 2.05) is 12.3 Å². The van der Waals surface area contributed by atoms with Crippen molar-refractivity contribution in [3.63, 3.8) is 0 Å². The molecule has 0 aliphatic heterocycles. The zero-order valence-electron chi connectivity index (χ0n) is 11.2. The van der Waals surface area contributed by atoms with Crippen LogP contribution in [0.5, 0.6) is 0 Å². The minimum Gasteiger partial charge on any atom is -0.370 e. The molecule has 2 aromatic heterocycles. The molecule has 0 unspecified atom stereocenters. The van der Waals surface area contributed by atoms with Gasteiger partial charge in [-0.3, -0.25) is 4.90 Å². The summed E-state index contributed by atoms with van der Waals surface area (Å²) in [6.07, 6.45) is 1.94. The molecule has 0 saturated heterocycles. The summed E-state index contributed by atoms with van der Waals surface area (Å²) < 4.78 is 1.16. The molecular formula is C14H18BrN3S. The van der Waals surface area contributed by atoms with Gasteiger partial charge in [-0.2, -0.15) is 0 Å². The van der Waals surface area contributed by atoms with Crippen molar-refractivity contribution in [1.29, 1.82) is 0 Å². The van der Waals surface area contributed by atoms with Crippen molar-refractivity contribution in [2.24, 2.45) is 0 Å². The zero-order chi connectivity index (χ0) is 13.7. The molecule has 5 heteroatoms. The third kappa shape index (κ3) is 4.60. The van der Waals surface area contributed by atoms with Crippen LogP contribution in [-0.4, -0.2) is 23.5 Å². The van der Waals surface area contributed by atoms with Crippen molar-refractivity contribution in [2.45, 2.75) is 20.0 Å². The number of pyridine rings is 1. The third-order valence-corrected chi connectivity index (χ3v) is 4.37. The first kappa shape index (κ1) is 14.5. The van der Waals surface area contributed by atoms with Crippen molar-refractivity contribution < 1.29 is 0 Å². The van der Waals surface area contributed by atoms with Crippen molar-refractivity contribution >= 4 is 33.1 Å². The van der Waals surface area contributed by atoms with Gasteiger partial charge in [-0.1, -0.05) is 6.07 Å². The molecule has 102 valence electrons. The van der Waals surface area contributed by atoms with E-state index in [1.54, 1.807) is 11.3 Å². The van der Waals surface area contributed by atoms with Crippen LogP contribution in [0.4, 0.5) is 5.82 Å². The average molecular weight is 340 g/mol. The largest absolute Gasteiger partial charge is 0.370 e. The highest BCUT2D eigenvalue weighted by atomic mass is 79.9. The Kier molecular flexibility index (Phi) is 5.36. The molecule has 0 bridgehead atoms. The molecule has 0 spiro atoms. The van der Waals surface area contributed by atoms with Gasteiger partial charge in [-0.05, 0) is 47.6 Å². The maximum atomic E-state index is 4.39. The van der Waals surface area contributed by atoms with Gasteiger partial charge in [0.1, 0.15) is 5.82 Å². The summed E-state index contributed by atoms with van der Waals surface area (Å²) in [5.74, 6) is 0.941. The second-order valence-corrected chi connectivity index (χ2v) is 6.40. The van der Waals surface area contributed by atoms with Crippen LogP contribution in [0.25, 0.3) is 0 Å². The monoisotopic (exact) mass is 339 g/mol. The van der Waals surface area contributed by atoms with Crippen LogP contribution in [0.3, 0.4) is 0 Å². The van der Waals surface area contributed by atoms with Crippen molar-refractivity contribution in [2.75, 3.05) is 18.9 Å². The lowest BCUT2D eigenvalue weighted by Gasteiger charge is -2.15. The van der Waals surface area contributed by atoms with E-state index in [-0.39, 0.29) is 0 Å². The highest BCUT2D eigenvalue weighted by molar-refractivity contribution is 9.10. The number of halogens is 1. The molecule has 0 atom stereocenters. The minimum absolute atomic E-state index is 0.902. The smallest absolute Gasteiger partial charge is 0.125 e. The molecule has 1 N–H and O–H groups in total. The van der Waals surface area contributed by atoms with Gasteiger partial charge in [0, 0.05) is 40.6 Å². The molecule has 0 aliphatic rings. The fourth-order valence-electron chi connectivity index (χ4n) is 1.87. The summed E-state index contributed by atoms with van der Waals surface area (Å²) in [6.45, 7) is 4.85. The lowest BCUT2D eigenvalue weighted by atomic mass is 10.2. The summed E-state index contributed by atoms with van der Waals surface area (Å²) in [6, 6.07) is 6.34. The summed E-state index contributed by atoms with van der Waals surface area (Å²) >= 11 is 5.27. The SMILES string of the molecule is CCNc1ccc(CN(C)Cc2cc(Br)cs2)cn1. The molecule has 2 heterocycles. The lowest BCUT2D eigenvalue weighted by Crippen LogP contribution is -2.16. The van der Waals surface area contributed by atoms with Gasteiger partial charge in [0.25, 0.3) is 0 Å². The van der Waals surface area contributed by atoms with E-state index >= 15 is 0 Å². The Morgan fingerprint density at radius 2 is 2.21 bits per heavy atom. The van der Waals surface area contributed by atoms with E-state index in [2.05, 4.69) is 62.6 Å². The fourth-order valence-corrected chi connectivity index (χ4v) is 3.40. The number of hydrogen-bond acceptors (Lipinski definition) is 4. The summed E-state index contributed by atoms with van der Waals surface area (Å²) in [5.41, 5.74) is 1.24. The molecule has 0 aromatic carbocycles. The molecule has 2 rings (SSSR count). The second-order valence-electron chi connectivity index (χ2n) is 4.49. The van der Waals surface area contributed by atoms with Crippen LogP contribution in [0.1, 0.15) is 17.4 Å². The van der Waals surface area contributed by atoms with Crippen LogP contribution >= 0.6 is 27.3 Å². The lowest BCUT2D eigenvalue weighted by molar-refractivity contribution is 0.321. The van der Waals surface area contributed by atoms with Crippen LogP contribution in [0.2, 0.25) is 0 Å². The van der Waals surface area contributed by atoms with E-state index in [1.165, 1.54) is 10.4 Å². The first-order valence-electron chi connectivity index (χ1n) is 6.27. The van der Waals surface area contributed by atoms with Crippen molar-refractivity contribution in [3.05, 3.63) is 44.7 Å². The Hall–Kier alpha value is -0.910. The molecule has 0 radical (unpaired) electrons. The van der Waals surface area contributed by atoms with Crippen LogP contribution in [0, 0.1) is 0 Å². The molecule has 3 nitrogen and oxygen atoms in total. The normalized spacial score (nSPS) is 10.9. The number of aromatic nitrogens is 1. The van der Waals surface area contributed by atoms with Gasteiger partial charge >= 0.3 is 0 Å². The fraction of sp³-hybridized carbons (Fsp3) is 0.357. The van der Waals surface area contributed by atoms with E-state index in [4.69, 9.17) is 0 Å². The maximum absolute atomic E-state index is 4.39. The quantitative estimate of drug-likeness (QED) is 0.862. The Balaban J connectivity index is 1.89. The van der Waals surface area contributed by atoms with Gasteiger partial charge < -0.3 is 5.32 Å². The Morgan fingerprint density at radius 1 is 1.37 bits per heavy atom. The van der Waals surface area contributed by atoms with E-state index in [0.29, 0.717) is 0 Å². The Labute approximate surface area is 126 Å². The van der Waals surface area contributed by atoms with Gasteiger partial charge in [0.15, 0.2) is 0 Å². The Morgan fingerprint density at radius 3 is 2.79 bits per heavy atom. The van der Waals surface area contributed by atoms with Gasteiger partial charge in [-0.25, -0.2) is 4.98 Å². The highest BCUT2D eigenvalue weighted by Crippen LogP contribution is 2.21. The van der Waals surface area contributed by atoms with Crippen LogP contribution in [-0.2, 0) is 13.1 Å². The van der Waals surface area contributed by atoms with Gasteiger partial charge in [-0.15, -0.1) is 11.3 Å². The van der Waals surface area contributed by atoms with Crippen molar-refractivity contribution in [1.82, 2.24) is 9.88 Å².